The summed E-state index contributed by atoms with van der Waals surface area (Å²) >= 11 is 0. The molecule has 2 aromatic carbocycles. The summed E-state index contributed by atoms with van der Waals surface area (Å²) in [7, 11) is 0. The van der Waals surface area contributed by atoms with E-state index in [1.54, 1.807) is 0 Å². The summed E-state index contributed by atoms with van der Waals surface area (Å²) in [6.07, 6.45) is 0.578. The zero-order valence-corrected chi connectivity index (χ0v) is 9.71. The SMILES string of the molecule is OCc1noc(Cc2cccc3ccccc23)n1. The maximum absolute atomic E-state index is 8.90. The van der Waals surface area contributed by atoms with Crippen LogP contribution < -0.4 is 0 Å². The normalized spacial score (nSPS) is 10.9. The molecule has 1 N–H and O–H groups in total. The molecule has 0 saturated heterocycles. The average molecular weight is 240 g/mol. The van der Waals surface area contributed by atoms with E-state index in [0.717, 1.165) is 5.56 Å². The molecule has 0 atom stereocenters. The summed E-state index contributed by atoms with van der Waals surface area (Å²) in [5, 5.41) is 15.0. The molecule has 0 aliphatic rings. The second-order valence-corrected chi connectivity index (χ2v) is 4.08. The summed E-state index contributed by atoms with van der Waals surface area (Å²) in [5.41, 5.74) is 1.14. The van der Waals surface area contributed by atoms with Crippen LogP contribution in [0.1, 0.15) is 17.3 Å². The van der Waals surface area contributed by atoms with Crippen molar-refractivity contribution in [3.05, 3.63) is 59.7 Å². The highest BCUT2D eigenvalue weighted by molar-refractivity contribution is 5.85. The molecule has 0 unspecified atom stereocenters. The van der Waals surface area contributed by atoms with E-state index in [0.29, 0.717) is 18.1 Å². The van der Waals surface area contributed by atoms with Crippen molar-refractivity contribution in [3.8, 4) is 0 Å². The van der Waals surface area contributed by atoms with Gasteiger partial charge in [-0.3, -0.25) is 0 Å². The van der Waals surface area contributed by atoms with Gasteiger partial charge in [-0.2, -0.15) is 4.98 Å². The van der Waals surface area contributed by atoms with Crippen LogP contribution in [0, 0.1) is 0 Å². The van der Waals surface area contributed by atoms with Gasteiger partial charge in [-0.15, -0.1) is 0 Å². The first-order valence-corrected chi connectivity index (χ1v) is 5.76. The van der Waals surface area contributed by atoms with Crippen LogP contribution in [0.5, 0.6) is 0 Å². The molecule has 4 heteroatoms. The van der Waals surface area contributed by atoms with Crippen LogP contribution >= 0.6 is 0 Å². The molecular weight excluding hydrogens is 228 g/mol. The number of aliphatic hydroxyl groups is 1. The molecule has 1 heterocycles. The van der Waals surface area contributed by atoms with Gasteiger partial charge >= 0.3 is 0 Å². The fourth-order valence-corrected chi connectivity index (χ4v) is 2.04. The Bertz CT molecular complexity index is 671. The minimum atomic E-state index is -0.195. The molecule has 0 radical (unpaired) electrons. The first-order valence-electron chi connectivity index (χ1n) is 5.76. The monoisotopic (exact) mass is 240 g/mol. The fraction of sp³-hybridized carbons (Fsp3) is 0.143. The van der Waals surface area contributed by atoms with E-state index >= 15 is 0 Å². The van der Waals surface area contributed by atoms with Crippen LogP contribution in [0.3, 0.4) is 0 Å². The van der Waals surface area contributed by atoms with E-state index in [1.165, 1.54) is 10.8 Å². The summed E-state index contributed by atoms with van der Waals surface area (Å²) in [6, 6.07) is 14.3. The van der Waals surface area contributed by atoms with Gasteiger partial charge in [-0.05, 0) is 16.3 Å². The summed E-state index contributed by atoms with van der Waals surface area (Å²) in [6.45, 7) is -0.195. The molecule has 3 rings (SSSR count). The van der Waals surface area contributed by atoms with Crippen LogP contribution in [0.4, 0.5) is 0 Å². The van der Waals surface area contributed by atoms with Gasteiger partial charge in [0.15, 0.2) is 5.82 Å². The third kappa shape index (κ3) is 1.98. The van der Waals surface area contributed by atoms with Crippen molar-refractivity contribution < 1.29 is 9.63 Å². The van der Waals surface area contributed by atoms with Crippen LogP contribution in [0.2, 0.25) is 0 Å². The average Bonchev–Trinajstić information content (AvgIpc) is 2.87. The lowest BCUT2D eigenvalue weighted by molar-refractivity contribution is 0.263. The predicted octanol–water partition coefficient (Wildman–Crippen LogP) is 2.31. The maximum atomic E-state index is 8.90. The highest BCUT2D eigenvalue weighted by Gasteiger charge is 2.08. The van der Waals surface area contributed by atoms with Crippen LogP contribution in [0.25, 0.3) is 10.8 Å². The number of nitrogens with zero attached hydrogens (tertiary/aromatic N) is 2. The Balaban J connectivity index is 1.99. The lowest BCUT2D eigenvalue weighted by Crippen LogP contribution is -1.91. The van der Waals surface area contributed by atoms with Gasteiger partial charge in [0.05, 0.1) is 6.42 Å². The zero-order chi connectivity index (χ0) is 12.4. The van der Waals surface area contributed by atoms with Gasteiger partial charge in [0.2, 0.25) is 5.89 Å². The molecule has 90 valence electrons. The van der Waals surface area contributed by atoms with Gasteiger partial charge in [-0.1, -0.05) is 47.6 Å². The summed E-state index contributed by atoms with van der Waals surface area (Å²) in [4.78, 5) is 4.10. The van der Waals surface area contributed by atoms with Gasteiger partial charge < -0.3 is 9.63 Å². The highest BCUT2D eigenvalue weighted by atomic mass is 16.5. The number of rotatable bonds is 3. The first-order chi connectivity index (χ1) is 8.86. The van der Waals surface area contributed by atoms with Gasteiger partial charge in [0.25, 0.3) is 0 Å². The first kappa shape index (κ1) is 10.9. The zero-order valence-electron chi connectivity index (χ0n) is 9.71. The molecule has 0 spiro atoms. The third-order valence-corrected chi connectivity index (χ3v) is 2.87. The molecule has 3 aromatic rings. The van der Waals surface area contributed by atoms with Crippen LogP contribution in [-0.4, -0.2) is 15.2 Å². The smallest absolute Gasteiger partial charge is 0.231 e. The molecule has 0 fully saturated rings. The predicted molar refractivity (Wildman–Crippen MR) is 67.0 cm³/mol. The molecule has 18 heavy (non-hydrogen) atoms. The number of benzene rings is 2. The minimum Gasteiger partial charge on any atom is -0.388 e. The Hall–Kier alpha value is -2.20. The largest absolute Gasteiger partial charge is 0.388 e. The standard InChI is InChI=1S/C14H12N2O2/c17-9-13-15-14(18-16-13)8-11-6-3-5-10-4-1-2-7-12(10)11/h1-7,17H,8-9H2. The van der Waals surface area contributed by atoms with Crippen molar-refractivity contribution in [2.24, 2.45) is 0 Å². The number of fused-ring (bicyclic) bond motifs is 1. The van der Waals surface area contributed by atoms with Gasteiger partial charge in [-0.25, -0.2) is 0 Å². The topological polar surface area (TPSA) is 59.2 Å². The lowest BCUT2D eigenvalue weighted by Gasteiger charge is -2.03. The van der Waals surface area contributed by atoms with Gasteiger partial charge in [0, 0.05) is 0 Å². The third-order valence-electron chi connectivity index (χ3n) is 2.87. The Kier molecular flexibility index (Phi) is 2.78. The van der Waals surface area contributed by atoms with E-state index in [1.807, 2.05) is 24.3 Å². The molecule has 0 saturated carbocycles. The van der Waals surface area contributed by atoms with Crippen molar-refractivity contribution in [2.75, 3.05) is 0 Å². The molecule has 0 aliphatic heterocycles. The minimum absolute atomic E-state index is 0.195. The molecule has 0 amide bonds. The Morgan fingerprint density at radius 1 is 1.06 bits per heavy atom. The lowest BCUT2D eigenvalue weighted by atomic mass is 10.0. The summed E-state index contributed by atoms with van der Waals surface area (Å²) < 4.78 is 5.09. The molecular formula is C14H12N2O2. The van der Waals surface area contributed by atoms with Crippen molar-refractivity contribution in [1.82, 2.24) is 10.1 Å². The molecule has 0 aliphatic carbocycles. The van der Waals surface area contributed by atoms with E-state index in [2.05, 4.69) is 28.3 Å². The molecule has 0 bridgehead atoms. The van der Waals surface area contributed by atoms with E-state index in [9.17, 15) is 0 Å². The fourth-order valence-electron chi connectivity index (χ4n) is 2.04. The Morgan fingerprint density at radius 2 is 1.89 bits per heavy atom. The van der Waals surface area contributed by atoms with Crippen LogP contribution in [0.15, 0.2) is 47.0 Å². The molecule has 4 nitrogen and oxygen atoms in total. The van der Waals surface area contributed by atoms with E-state index < -0.39 is 0 Å². The number of aromatic nitrogens is 2. The number of hydrogen-bond donors (Lipinski definition) is 1. The maximum Gasteiger partial charge on any atom is 0.231 e. The van der Waals surface area contributed by atoms with Crippen LogP contribution in [-0.2, 0) is 13.0 Å². The number of aliphatic hydroxyl groups excluding tert-OH is 1. The second kappa shape index (κ2) is 4.58. The number of hydrogen-bond acceptors (Lipinski definition) is 4. The van der Waals surface area contributed by atoms with Crippen molar-refractivity contribution >= 4 is 10.8 Å². The quantitative estimate of drug-likeness (QED) is 0.763. The van der Waals surface area contributed by atoms with E-state index in [4.69, 9.17) is 9.63 Å². The highest BCUT2D eigenvalue weighted by Crippen LogP contribution is 2.20. The van der Waals surface area contributed by atoms with Crippen molar-refractivity contribution in [1.29, 1.82) is 0 Å². The Labute approximate surface area is 104 Å². The second-order valence-electron chi connectivity index (χ2n) is 4.08. The Morgan fingerprint density at radius 3 is 2.72 bits per heavy atom. The van der Waals surface area contributed by atoms with Crippen molar-refractivity contribution in [3.63, 3.8) is 0 Å². The summed E-state index contributed by atoms with van der Waals surface area (Å²) in [5.74, 6) is 0.848. The van der Waals surface area contributed by atoms with Crippen molar-refractivity contribution in [2.45, 2.75) is 13.0 Å². The van der Waals surface area contributed by atoms with E-state index in [-0.39, 0.29) is 6.61 Å². The van der Waals surface area contributed by atoms with Gasteiger partial charge in [0.1, 0.15) is 6.61 Å². The molecule has 1 aromatic heterocycles.